The first-order chi connectivity index (χ1) is 10.9. The van der Waals surface area contributed by atoms with Crippen molar-refractivity contribution in [2.24, 2.45) is 10.9 Å². The molecule has 0 bridgehead atoms. The summed E-state index contributed by atoms with van der Waals surface area (Å²) in [7, 11) is -2.90. The van der Waals surface area contributed by atoms with Crippen molar-refractivity contribution in [2.75, 3.05) is 25.1 Å². The van der Waals surface area contributed by atoms with Crippen LogP contribution in [0.15, 0.2) is 4.99 Å². The van der Waals surface area contributed by atoms with Crippen LogP contribution in [0.1, 0.15) is 65.2 Å². The summed E-state index contributed by atoms with van der Waals surface area (Å²) >= 11 is 0. The fourth-order valence-electron chi connectivity index (χ4n) is 3.05. The van der Waals surface area contributed by atoms with Gasteiger partial charge in [0.1, 0.15) is 9.84 Å². The Bertz CT molecular complexity index is 449. The van der Waals surface area contributed by atoms with E-state index in [1.807, 2.05) is 13.8 Å². The van der Waals surface area contributed by atoms with Gasteiger partial charge in [-0.05, 0) is 32.6 Å². The predicted molar refractivity (Wildman–Crippen MR) is 114 cm³/mol. The highest BCUT2D eigenvalue weighted by Crippen LogP contribution is 2.28. The Labute approximate surface area is 165 Å². The zero-order valence-corrected chi connectivity index (χ0v) is 18.7. The molecular formula is C17H36IN3O2S. The predicted octanol–water partition coefficient (Wildman–Crippen LogP) is 3.34. The van der Waals surface area contributed by atoms with Gasteiger partial charge in [-0.15, -0.1) is 24.0 Å². The summed E-state index contributed by atoms with van der Waals surface area (Å²) in [6.45, 7) is 5.68. The van der Waals surface area contributed by atoms with Gasteiger partial charge in [-0.3, -0.25) is 4.99 Å². The average Bonchev–Trinajstić information content (AvgIpc) is 2.97. The topological polar surface area (TPSA) is 70.6 Å². The molecule has 0 aromatic carbocycles. The van der Waals surface area contributed by atoms with Crippen molar-refractivity contribution in [1.82, 2.24) is 10.6 Å². The van der Waals surface area contributed by atoms with E-state index in [-0.39, 0.29) is 35.8 Å². The van der Waals surface area contributed by atoms with Gasteiger partial charge < -0.3 is 10.6 Å². The van der Waals surface area contributed by atoms with Gasteiger partial charge in [0.2, 0.25) is 0 Å². The summed E-state index contributed by atoms with van der Waals surface area (Å²) in [6, 6.07) is 0.0982. The SMILES string of the molecule is CCNC(=NCCCCC1CCCC1)NC(C)CCS(C)(=O)=O.I. The normalized spacial score (nSPS) is 17.4. The summed E-state index contributed by atoms with van der Waals surface area (Å²) in [5.74, 6) is 1.97. The maximum atomic E-state index is 11.2. The lowest BCUT2D eigenvalue weighted by molar-refractivity contribution is 0.475. The van der Waals surface area contributed by atoms with E-state index < -0.39 is 9.84 Å². The van der Waals surface area contributed by atoms with E-state index in [1.165, 1.54) is 44.8 Å². The number of rotatable bonds is 10. The number of nitrogens with one attached hydrogen (secondary N) is 2. The second-order valence-electron chi connectivity index (χ2n) is 6.87. The highest BCUT2D eigenvalue weighted by atomic mass is 127. The van der Waals surface area contributed by atoms with E-state index in [4.69, 9.17) is 0 Å². The number of sulfone groups is 1. The number of aliphatic imine (C=N–C) groups is 1. The summed E-state index contributed by atoms with van der Waals surface area (Å²) in [4.78, 5) is 4.61. The number of unbranched alkanes of at least 4 members (excludes halogenated alkanes) is 1. The molecule has 0 radical (unpaired) electrons. The van der Waals surface area contributed by atoms with Gasteiger partial charge in [0.05, 0.1) is 5.75 Å². The third-order valence-corrected chi connectivity index (χ3v) is 5.39. The molecule has 24 heavy (non-hydrogen) atoms. The minimum absolute atomic E-state index is 0. The number of guanidine groups is 1. The molecule has 5 nitrogen and oxygen atoms in total. The van der Waals surface area contributed by atoms with Gasteiger partial charge in [-0.2, -0.15) is 0 Å². The molecule has 1 rings (SSSR count). The molecule has 144 valence electrons. The molecule has 0 aromatic rings. The van der Waals surface area contributed by atoms with Crippen molar-refractivity contribution < 1.29 is 8.42 Å². The standard InChI is InChI=1S/C17H35N3O2S.HI/c1-4-18-17(20-15(2)12-14-23(3,21)22)19-13-8-7-11-16-9-5-6-10-16;/h15-16H,4-14H2,1-3H3,(H2,18,19,20);1H. The fraction of sp³-hybridized carbons (Fsp3) is 0.941. The lowest BCUT2D eigenvalue weighted by Crippen LogP contribution is -2.42. The first kappa shape index (κ1) is 23.9. The van der Waals surface area contributed by atoms with Crippen molar-refractivity contribution in [3.63, 3.8) is 0 Å². The Morgan fingerprint density at radius 2 is 1.92 bits per heavy atom. The molecule has 1 fully saturated rings. The van der Waals surface area contributed by atoms with Gasteiger partial charge in [0.25, 0.3) is 0 Å². The Balaban J connectivity index is 0.00000529. The number of hydrogen-bond donors (Lipinski definition) is 2. The number of halogens is 1. The smallest absolute Gasteiger partial charge is 0.191 e. The molecular weight excluding hydrogens is 437 g/mol. The first-order valence-corrected chi connectivity index (χ1v) is 11.2. The van der Waals surface area contributed by atoms with Gasteiger partial charge >= 0.3 is 0 Å². The Morgan fingerprint density at radius 1 is 1.25 bits per heavy atom. The molecule has 0 aromatic heterocycles. The average molecular weight is 473 g/mol. The lowest BCUT2D eigenvalue weighted by Gasteiger charge is -2.17. The molecule has 0 amide bonds. The van der Waals surface area contributed by atoms with Crippen molar-refractivity contribution in [3.8, 4) is 0 Å². The molecule has 0 aliphatic heterocycles. The lowest BCUT2D eigenvalue weighted by atomic mass is 10.0. The summed E-state index contributed by atoms with van der Waals surface area (Å²) in [6.07, 6.45) is 11.3. The summed E-state index contributed by atoms with van der Waals surface area (Å²) < 4.78 is 22.5. The van der Waals surface area contributed by atoms with Crippen LogP contribution in [0.2, 0.25) is 0 Å². The molecule has 1 saturated carbocycles. The molecule has 7 heteroatoms. The molecule has 1 aliphatic carbocycles. The van der Waals surface area contributed by atoms with E-state index in [9.17, 15) is 8.42 Å². The molecule has 1 atom stereocenters. The van der Waals surface area contributed by atoms with Crippen molar-refractivity contribution in [2.45, 2.75) is 71.3 Å². The van der Waals surface area contributed by atoms with E-state index in [1.54, 1.807) is 0 Å². The molecule has 0 saturated heterocycles. The second-order valence-corrected chi connectivity index (χ2v) is 9.13. The molecule has 1 aliphatic rings. The Hall–Kier alpha value is -0.0500. The molecule has 0 heterocycles. The molecule has 2 N–H and O–H groups in total. The van der Waals surface area contributed by atoms with Crippen molar-refractivity contribution in [3.05, 3.63) is 0 Å². The quantitative estimate of drug-likeness (QED) is 0.221. The zero-order chi connectivity index (χ0) is 17.1. The van der Waals surface area contributed by atoms with Crippen LogP contribution in [0.4, 0.5) is 0 Å². The van der Waals surface area contributed by atoms with Gasteiger partial charge in [0, 0.05) is 25.4 Å². The van der Waals surface area contributed by atoms with Crippen LogP contribution in [0.25, 0.3) is 0 Å². The van der Waals surface area contributed by atoms with E-state index >= 15 is 0 Å². The minimum atomic E-state index is -2.90. The van der Waals surface area contributed by atoms with Crippen LogP contribution >= 0.6 is 24.0 Å². The van der Waals surface area contributed by atoms with Crippen LogP contribution in [-0.4, -0.2) is 45.5 Å². The summed E-state index contributed by atoms with van der Waals surface area (Å²) in [5, 5.41) is 6.53. The van der Waals surface area contributed by atoms with Crippen LogP contribution in [0, 0.1) is 5.92 Å². The van der Waals surface area contributed by atoms with Crippen molar-refractivity contribution in [1.29, 1.82) is 0 Å². The van der Waals surface area contributed by atoms with E-state index in [0.29, 0.717) is 6.42 Å². The Morgan fingerprint density at radius 3 is 2.50 bits per heavy atom. The zero-order valence-electron chi connectivity index (χ0n) is 15.5. The second kappa shape index (κ2) is 13.2. The molecule has 1 unspecified atom stereocenters. The maximum Gasteiger partial charge on any atom is 0.191 e. The first-order valence-electron chi connectivity index (χ1n) is 9.13. The van der Waals surface area contributed by atoms with Crippen LogP contribution in [0.5, 0.6) is 0 Å². The number of hydrogen-bond acceptors (Lipinski definition) is 3. The van der Waals surface area contributed by atoms with Crippen molar-refractivity contribution >= 4 is 39.8 Å². The largest absolute Gasteiger partial charge is 0.357 e. The fourth-order valence-corrected chi connectivity index (χ4v) is 3.83. The van der Waals surface area contributed by atoms with Crippen LogP contribution < -0.4 is 10.6 Å². The Kier molecular flexibility index (Phi) is 13.2. The highest BCUT2D eigenvalue weighted by Gasteiger charge is 2.14. The maximum absolute atomic E-state index is 11.2. The van der Waals surface area contributed by atoms with Gasteiger partial charge in [0.15, 0.2) is 5.96 Å². The van der Waals surface area contributed by atoms with E-state index in [2.05, 4.69) is 15.6 Å². The summed E-state index contributed by atoms with van der Waals surface area (Å²) in [5.41, 5.74) is 0. The third-order valence-electron chi connectivity index (χ3n) is 4.41. The third kappa shape index (κ3) is 12.3. The van der Waals surface area contributed by atoms with Crippen LogP contribution in [0.3, 0.4) is 0 Å². The van der Waals surface area contributed by atoms with E-state index in [0.717, 1.165) is 31.4 Å². The minimum Gasteiger partial charge on any atom is -0.357 e. The number of nitrogens with zero attached hydrogens (tertiary/aromatic N) is 1. The van der Waals surface area contributed by atoms with Gasteiger partial charge in [-0.1, -0.05) is 38.5 Å². The highest BCUT2D eigenvalue weighted by molar-refractivity contribution is 14.0. The molecule has 0 spiro atoms. The van der Waals surface area contributed by atoms with Gasteiger partial charge in [-0.25, -0.2) is 8.42 Å². The van der Waals surface area contributed by atoms with Crippen LogP contribution in [-0.2, 0) is 9.84 Å². The monoisotopic (exact) mass is 473 g/mol.